The number of nitro groups is 1. The van der Waals surface area contributed by atoms with Crippen LogP contribution in [0.25, 0.3) is 0 Å². The molecule has 1 aromatic rings. The maximum Gasteiger partial charge on any atom is 0.309 e. The van der Waals surface area contributed by atoms with Crippen LogP contribution in [0.15, 0.2) is 24.3 Å². The van der Waals surface area contributed by atoms with E-state index in [1.54, 1.807) is 12.1 Å². The van der Waals surface area contributed by atoms with E-state index in [0.717, 1.165) is 31.5 Å². The number of rotatable bonds is 5. The zero-order chi connectivity index (χ0) is 15.2. The molecule has 6 nitrogen and oxygen atoms in total. The van der Waals surface area contributed by atoms with Gasteiger partial charge in [-0.2, -0.15) is 0 Å². The summed E-state index contributed by atoms with van der Waals surface area (Å²) in [5, 5.41) is 11.0. The van der Waals surface area contributed by atoms with Gasteiger partial charge in [-0.1, -0.05) is 18.2 Å². The number of nitro benzene ring substituents is 1. The number of nitrogens with zero attached hydrogens (tertiary/aromatic N) is 2. The van der Waals surface area contributed by atoms with Crippen molar-refractivity contribution in [2.75, 3.05) is 26.7 Å². The van der Waals surface area contributed by atoms with E-state index in [0.29, 0.717) is 13.0 Å². The molecule has 0 spiro atoms. The number of ether oxygens (including phenoxy) is 1. The van der Waals surface area contributed by atoms with Crippen LogP contribution in [0.5, 0.6) is 0 Å². The first-order chi connectivity index (χ1) is 10.1. The van der Waals surface area contributed by atoms with Crippen LogP contribution in [-0.4, -0.2) is 42.5 Å². The van der Waals surface area contributed by atoms with Gasteiger partial charge in [0.2, 0.25) is 0 Å². The highest BCUT2D eigenvalue weighted by Crippen LogP contribution is 2.21. The second-order valence-corrected chi connectivity index (χ2v) is 5.30. The quantitative estimate of drug-likeness (QED) is 0.471. The van der Waals surface area contributed by atoms with Crippen LogP contribution in [0.4, 0.5) is 5.69 Å². The molecule has 1 aliphatic heterocycles. The van der Waals surface area contributed by atoms with E-state index >= 15 is 0 Å². The fourth-order valence-corrected chi connectivity index (χ4v) is 2.80. The molecule has 21 heavy (non-hydrogen) atoms. The number of methoxy groups -OCH3 is 1. The van der Waals surface area contributed by atoms with Gasteiger partial charge in [0.25, 0.3) is 5.69 Å². The summed E-state index contributed by atoms with van der Waals surface area (Å²) < 4.78 is 4.80. The van der Waals surface area contributed by atoms with Crippen molar-refractivity contribution in [3.8, 4) is 0 Å². The summed E-state index contributed by atoms with van der Waals surface area (Å²) >= 11 is 0. The van der Waals surface area contributed by atoms with Gasteiger partial charge >= 0.3 is 5.97 Å². The Morgan fingerprint density at radius 1 is 1.48 bits per heavy atom. The van der Waals surface area contributed by atoms with Crippen LogP contribution in [-0.2, 0) is 16.0 Å². The average molecular weight is 292 g/mol. The highest BCUT2D eigenvalue weighted by Gasteiger charge is 2.26. The molecule has 114 valence electrons. The number of para-hydroxylation sites is 1. The van der Waals surface area contributed by atoms with Crippen LogP contribution in [0.1, 0.15) is 18.4 Å². The summed E-state index contributed by atoms with van der Waals surface area (Å²) in [6.07, 6.45) is 2.43. The molecule has 2 rings (SSSR count). The van der Waals surface area contributed by atoms with E-state index < -0.39 is 0 Å². The Labute approximate surface area is 123 Å². The van der Waals surface area contributed by atoms with E-state index in [9.17, 15) is 14.9 Å². The molecule has 1 heterocycles. The summed E-state index contributed by atoms with van der Waals surface area (Å²) in [5.41, 5.74) is 0.904. The molecular formula is C15H20N2O4. The number of carbonyl (C=O) groups excluding carboxylic acids is 1. The minimum Gasteiger partial charge on any atom is -0.469 e. The lowest BCUT2D eigenvalue weighted by atomic mass is 9.97. The number of esters is 1. The third-order valence-electron chi connectivity index (χ3n) is 3.93. The lowest BCUT2D eigenvalue weighted by Crippen LogP contribution is -2.40. The van der Waals surface area contributed by atoms with Crippen molar-refractivity contribution >= 4 is 11.7 Å². The van der Waals surface area contributed by atoms with Crippen LogP contribution < -0.4 is 0 Å². The van der Waals surface area contributed by atoms with Gasteiger partial charge in [0.05, 0.1) is 18.0 Å². The predicted octanol–water partition coefficient (Wildman–Crippen LogP) is 2.02. The molecule has 6 heteroatoms. The minimum atomic E-state index is -0.344. The standard InChI is InChI=1S/C15H20N2O4/c1-21-15(18)13-6-4-9-16(11-13)10-8-12-5-2-3-7-14(12)17(19)20/h2-3,5,7,13H,4,6,8-11H2,1H3. The van der Waals surface area contributed by atoms with Crippen molar-refractivity contribution < 1.29 is 14.5 Å². The van der Waals surface area contributed by atoms with Crippen LogP contribution in [0.2, 0.25) is 0 Å². The highest BCUT2D eigenvalue weighted by molar-refractivity contribution is 5.72. The Hall–Kier alpha value is -1.95. The van der Waals surface area contributed by atoms with Crippen LogP contribution in [0.3, 0.4) is 0 Å². The molecule has 1 atom stereocenters. The van der Waals surface area contributed by atoms with Crippen molar-refractivity contribution in [1.29, 1.82) is 0 Å². The topological polar surface area (TPSA) is 72.7 Å². The van der Waals surface area contributed by atoms with E-state index in [1.807, 2.05) is 6.07 Å². The first kappa shape index (κ1) is 15.4. The van der Waals surface area contributed by atoms with Gasteiger partial charge in [-0.15, -0.1) is 0 Å². The molecule has 0 saturated carbocycles. The molecule has 0 amide bonds. The van der Waals surface area contributed by atoms with Gasteiger partial charge in [0, 0.05) is 24.7 Å². The smallest absolute Gasteiger partial charge is 0.309 e. The first-order valence-electron chi connectivity index (χ1n) is 7.14. The number of hydrogen-bond acceptors (Lipinski definition) is 5. The Morgan fingerprint density at radius 2 is 2.24 bits per heavy atom. The first-order valence-corrected chi connectivity index (χ1v) is 7.14. The Balaban J connectivity index is 1.94. The largest absolute Gasteiger partial charge is 0.469 e. The fourth-order valence-electron chi connectivity index (χ4n) is 2.80. The van der Waals surface area contributed by atoms with Crippen LogP contribution >= 0.6 is 0 Å². The van der Waals surface area contributed by atoms with E-state index in [4.69, 9.17) is 4.74 Å². The number of likely N-dealkylation sites (tertiary alicyclic amines) is 1. The van der Waals surface area contributed by atoms with E-state index in [1.165, 1.54) is 13.2 Å². The fraction of sp³-hybridized carbons (Fsp3) is 0.533. The Morgan fingerprint density at radius 3 is 2.95 bits per heavy atom. The summed E-state index contributed by atoms with van der Waals surface area (Å²) in [5.74, 6) is -0.236. The van der Waals surface area contributed by atoms with Crippen molar-refractivity contribution in [2.24, 2.45) is 5.92 Å². The Kier molecular flexibility index (Phi) is 5.27. The maximum atomic E-state index is 11.6. The van der Waals surface area contributed by atoms with Crippen molar-refractivity contribution in [1.82, 2.24) is 4.90 Å². The molecule has 0 N–H and O–H groups in total. The summed E-state index contributed by atoms with van der Waals surface area (Å²) in [7, 11) is 1.41. The van der Waals surface area contributed by atoms with Crippen molar-refractivity contribution in [2.45, 2.75) is 19.3 Å². The molecule has 0 aliphatic carbocycles. The van der Waals surface area contributed by atoms with Gasteiger partial charge in [0.1, 0.15) is 0 Å². The SMILES string of the molecule is COC(=O)C1CCCN(CCc2ccccc2[N+](=O)[O-])C1. The zero-order valence-corrected chi connectivity index (χ0v) is 12.2. The highest BCUT2D eigenvalue weighted by atomic mass is 16.6. The lowest BCUT2D eigenvalue weighted by molar-refractivity contribution is -0.385. The molecule has 1 aliphatic rings. The van der Waals surface area contributed by atoms with Gasteiger partial charge < -0.3 is 9.64 Å². The predicted molar refractivity (Wildman–Crippen MR) is 78.0 cm³/mol. The second kappa shape index (κ2) is 7.17. The minimum absolute atomic E-state index is 0.0745. The monoisotopic (exact) mass is 292 g/mol. The normalized spacial score (nSPS) is 19.2. The average Bonchev–Trinajstić information content (AvgIpc) is 2.52. The molecule has 0 bridgehead atoms. The molecule has 1 aromatic carbocycles. The third-order valence-corrected chi connectivity index (χ3v) is 3.93. The van der Waals surface area contributed by atoms with E-state index in [2.05, 4.69) is 4.90 Å². The summed E-state index contributed by atoms with van der Waals surface area (Å²) in [4.78, 5) is 24.4. The third kappa shape index (κ3) is 4.01. The van der Waals surface area contributed by atoms with Gasteiger partial charge in [-0.05, 0) is 25.8 Å². The van der Waals surface area contributed by atoms with Gasteiger partial charge in [-0.25, -0.2) is 0 Å². The molecule has 1 unspecified atom stereocenters. The summed E-state index contributed by atoms with van der Waals surface area (Å²) in [6.45, 7) is 2.32. The molecule has 0 aromatic heterocycles. The Bertz CT molecular complexity index is 518. The molecule has 1 fully saturated rings. The van der Waals surface area contributed by atoms with Gasteiger partial charge in [0.15, 0.2) is 0 Å². The molecule has 1 saturated heterocycles. The maximum absolute atomic E-state index is 11.6. The molecule has 0 radical (unpaired) electrons. The van der Waals surface area contributed by atoms with E-state index in [-0.39, 0.29) is 22.5 Å². The molecular weight excluding hydrogens is 272 g/mol. The van der Waals surface area contributed by atoms with Gasteiger partial charge in [-0.3, -0.25) is 14.9 Å². The number of piperidine rings is 1. The summed E-state index contributed by atoms with van der Waals surface area (Å²) in [6, 6.07) is 6.81. The number of benzene rings is 1. The lowest BCUT2D eigenvalue weighted by Gasteiger charge is -2.31. The number of carbonyl (C=O) groups is 1. The van der Waals surface area contributed by atoms with Crippen LogP contribution in [0, 0.1) is 16.0 Å². The van der Waals surface area contributed by atoms with Crippen molar-refractivity contribution in [3.05, 3.63) is 39.9 Å². The zero-order valence-electron chi connectivity index (χ0n) is 12.2. The second-order valence-electron chi connectivity index (χ2n) is 5.30. The number of hydrogen-bond donors (Lipinski definition) is 0. The van der Waals surface area contributed by atoms with Crippen molar-refractivity contribution in [3.63, 3.8) is 0 Å².